The number of allylic oxidation sites excluding steroid dienone is 2. The van der Waals surface area contributed by atoms with Gasteiger partial charge in [0.05, 0.1) is 53.8 Å². The highest BCUT2D eigenvalue weighted by atomic mass is 35.5. The molecule has 2 aliphatic carbocycles. The molecule has 278 valence electrons. The summed E-state index contributed by atoms with van der Waals surface area (Å²) in [6.07, 6.45) is 2.13. The first-order valence-corrected chi connectivity index (χ1v) is 18.2. The van der Waals surface area contributed by atoms with Crippen molar-refractivity contribution in [3.63, 3.8) is 0 Å². The third-order valence-electron chi connectivity index (χ3n) is 11.9. The van der Waals surface area contributed by atoms with Gasteiger partial charge in [-0.2, -0.15) is 0 Å². The van der Waals surface area contributed by atoms with E-state index in [2.05, 4.69) is 4.98 Å². The minimum absolute atomic E-state index is 0.0682. The maximum absolute atomic E-state index is 14.8. The van der Waals surface area contributed by atoms with Crippen molar-refractivity contribution in [1.82, 2.24) is 4.98 Å². The molecule has 0 spiro atoms. The molecule has 1 aromatic heterocycles. The molecule has 3 heterocycles. The van der Waals surface area contributed by atoms with Gasteiger partial charge in [0, 0.05) is 29.2 Å². The number of halogens is 2. The minimum atomic E-state index is -1.50. The molecule has 4 aromatic carbocycles. The Kier molecular flexibility index (Phi) is 7.91. The number of aromatic hydroxyl groups is 1. The summed E-state index contributed by atoms with van der Waals surface area (Å²) >= 11 is 6.12. The Morgan fingerprint density at radius 2 is 1.64 bits per heavy atom. The van der Waals surface area contributed by atoms with Crippen molar-refractivity contribution in [3.05, 3.63) is 107 Å². The van der Waals surface area contributed by atoms with Gasteiger partial charge in [-0.05, 0) is 80.3 Å². The third-order valence-corrected chi connectivity index (χ3v) is 12.2. The molecular weight excluding hydrogens is 729 g/mol. The second-order valence-electron chi connectivity index (χ2n) is 14.6. The first kappa shape index (κ1) is 34.7. The number of imide groups is 2. The number of amides is 4. The second kappa shape index (κ2) is 12.5. The molecule has 4 aliphatic rings. The highest BCUT2D eigenvalue weighted by molar-refractivity contribution is 6.32. The number of rotatable bonds is 6. The van der Waals surface area contributed by atoms with E-state index >= 15 is 0 Å². The molecule has 4 amide bonds. The largest absolute Gasteiger partial charge is 0.507 e. The summed E-state index contributed by atoms with van der Waals surface area (Å²) in [6.45, 7) is 1.67. The summed E-state index contributed by atoms with van der Waals surface area (Å²) in [5, 5.41) is 11.4. The Labute approximate surface area is 318 Å². The van der Waals surface area contributed by atoms with Crippen LogP contribution in [0.3, 0.4) is 0 Å². The van der Waals surface area contributed by atoms with E-state index in [0.717, 1.165) is 11.0 Å². The Hall–Kier alpha value is -6.01. The van der Waals surface area contributed by atoms with Gasteiger partial charge in [-0.1, -0.05) is 35.4 Å². The molecule has 0 radical (unpaired) electrons. The number of phenols is 1. The summed E-state index contributed by atoms with van der Waals surface area (Å²) in [5.74, 6) is -6.20. The van der Waals surface area contributed by atoms with Crippen molar-refractivity contribution in [2.45, 2.75) is 25.7 Å². The van der Waals surface area contributed by atoms with Crippen LogP contribution in [0.4, 0.5) is 15.8 Å². The molecule has 13 heteroatoms. The van der Waals surface area contributed by atoms with Crippen molar-refractivity contribution < 1.29 is 42.6 Å². The van der Waals surface area contributed by atoms with E-state index in [0.29, 0.717) is 39.6 Å². The van der Waals surface area contributed by atoms with E-state index < -0.39 is 58.5 Å². The molecule has 2 aliphatic heterocycles. The monoisotopic (exact) mass is 761 g/mol. The molecule has 5 aromatic rings. The van der Waals surface area contributed by atoms with Crippen molar-refractivity contribution in [2.24, 2.45) is 29.1 Å². The second-order valence-corrected chi connectivity index (χ2v) is 15.0. The number of hydrogen-bond donors (Lipinski definition) is 1. The fraction of sp³-hybridized carbons (Fsp3) is 0.262. The van der Waals surface area contributed by atoms with Crippen LogP contribution in [0, 0.1) is 34.9 Å². The van der Waals surface area contributed by atoms with Gasteiger partial charge in [-0.25, -0.2) is 14.3 Å². The fourth-order valence-electron chi connectivity index (χ4n) is 9.36. The minimum Gasteiger partial charge on any atom is -0.507 e. The molecule has 9 rings (SSSR count). The standard InChI is InChI=1S/C42H33ClFN3O8/c1-42-27(39(50)47(41(42)52)22-12-15-29(44)28(43)16-22)19-26-24(36(42)35-31(48)17-23(53-2)18-33(35)54-3)13-14-25-34(26)40(51)46(38(25)49)21-10-8-20(9-11-21)37-45-30-6-4-5-7-32(30)55-37/h4-13,15-18,25-27,34,36,48H,14,19H2,1-3H3. The Morgan fingerprint density at radius 3 is 2.35 bits per heavy atom. The number of nitrogens with zero attached hydrogens (tertiary/aromatic N) is 3. The number of ether oxygens (including phenoxy) is 2. The van der Waals surface area contributed by atoms with Crippen LogP contribution in [0.2, 0.25) is 5.02 Å². The van der Waals surface area contributed by atoms with Crippen molar-refractivity contribution >= 4 is 57.7 Å². The number of hydrogen-bond acceptors (Lipinski definition) is 9. The number of anilines is 2. The van der Waals surface area contributed by atoms with Crippen LogP contribution in [0.5, 0.6) is 17.2 Å². The van der Waals surface area contributed by atoms with Crippen LogP contribution in [-0.4, -0.2) is 47.9 Å². The Morgan fingerprint density at radius 1 is 0.891 bits per heavy atom. The first-order valence-electron chi connectivity index (χ1n) is 17.8. The van der Waals surface area contributed by atoms with Crippen molar-refractivity contribution in [3.8, 4) is 28.7 Å². The van der Waals surface area contributed by atoms with E-state index in [1.54, 1.807) is 37.3 Å². The highest BCUT2D eigenvalue weighted by Crippen LogP contribution is 2.65. The van der Waals surface area contributed by atoms with Gasteiger partial charge in [0.25, 0.3) is 0 Å². The van der Waals surface area contributed by atoms with Crippen LogP contribution in [0.1, 0.15) is 31.2 Å². The number of carbonyl (C=O) groups is 4. The lowest BCUT2D eigenvalue weighted by Crippen LogP contribution is -2.49. The maximum atomic E-state index is 14.8. The smallest absolute Gasteiger partial charge is 0.241 e. The van der Waals surface area contributed by atoms with Crippen LogP contribution < -0.4 is 19.3 Å². The molecule has 0 bridgehead atoms. The van der Waals surface area contributed by atoms with E-state index in [1.807, 2.05) is 30.3 Å². The fourth-order valence-corrected chi connectivity index (χ4v) is 9.54. The van der Waals surface area contributed by atoms with Gasteiger partial charge in [0.15, 0.2) is 5.58 Å². The molecule has 11 nitrogen and oxygen atoms in total. The number of benzene rings is 4. The molecule has 6 unspecified atom stereocenters. The van der Waals surface area contributed by atoms with Gasteiger partial charge < -0.3 is 19.0 Å². The van der Waals surface area contributed by atoms with E-state index in [-0.39, 0.29) is 46.5 Å². The van der Waals surface area contributed by atoms with Crippen molar-refractivity contribution in [2.75, 3.05) is 24.0 Å². The predicted molar refractivity (Wildman–Crippen MR) is 199 cm³/mol. The summed E-state index contributed by atoms with van der Waals surface area (Å²) in [4.78, 5) is 64.9. The zero-order chi connectivity index (χ0) is 38.5. The molecule has 3 fully saturated rings. The maximum Gasteiger partial charge on any atom is 0.241 e. The van der Waals surface area contributed by atoms with Crippen molar-refractivity contribution in [1.29, 1.82) is 0 Å². The first-order chi connectivity index (χ1) is 26.5. The van der Waals surface area contributed by atoms with Crippen LogP contribution in [0.25, 0.3) is 22.6 Å². The number of phenolic OH excluding ortho intramolecular Hbond substituents is 1. The topological polar surface area (TPSA) is 139 Å². The quantitative estimate of drug-likeness (QED) is 0.138. The van der Waals surface area contributed by atoms with Crippen LogP contribution in [-0.2, 0) is 19.2 Å². The molecule has 6 atom stereocenters. The number of carbonyl (C=O) groups excluding carboxylic acids is 4. The van der Waals surface area contributed by atoms with Gasteiger partial charge >= 0.3 is 0 Å². The average molecular weight is 762 g/mol. The molecule has 55 heavy (non-hydrogen) atoms. The lowest BCUT2D eigenvalue weighted by Gasteiger charge is -2.49. The van der Waals surface area contributed by atoms with Crippen LogP contribution >= 0.6 is 11.6 Å². The highest BCUT2D eigenvalue weighted by Gasteiger charge is 2.68. The molecule has 1 saturated carbocycles. The molecular formula is C42H33ClFN3O8. The van der Waals surface area contributed by atoms with E-state index in [4.69, 9.17) is 25.5 Å². The number of aromatic nitrogens is 1. The summed E-state index contributed by atoms with van der Waals surface area (Å²) in [5.41, 5.74) is 1.86. The number of oxazole rings is 1. The summed E-state index contributed by atoms with van der Waals surface area (Å²) < 4.78 is 31.3. The van der Waals surface area contributed by atoms with E-state index in [9.17, 15) is 28.7 Å². The van der Waals surface area contributed by atoms with E-state index in [1.165, 1.54) is 37.3 Å². The lowest BCUT2D eigenvalue weighted by molar-refractivity contribution is -0.131. The average Bonchev–Trinajstić information content (AvgIpc) is 3.79. The molecule has 2 saturated heterocycles. The number of fused-ring (bicyclic) bond motifs is 5. The van der Waals surface area contributed by atoms with Gasteiger partial charge in [-0.15, -0.1) is 0 Å². The lowest BCUT2D eigenvalue weighted by atomic mass is 9.51. The third kappa shape index (κ3) is 4.96. The number of methoxy groups -OCH3 is 2. The number of para-hydroxylation sites is 2. The zero-order valence-corrected chi connectivity index (χ0v) is 30.5. The SMILES string of the molecule is COc1cc(O)c(C2C3=CCC4C(=O)N(c5ccc(-c6nc7ccccc7o6)cc5)C(=O)C4C3CC3C(=O)N(c4ccc(F)c(Cl)c4)C(=O)C32C)c(OC)c1. The van der Waals surface area contributed by atoms with Gasteiger partial charge in [-0.3, -0.25) is 24.1 Å². The normalized spacial score (nSPS) is 25.9. The Bertz CT molecular complexity index is 2480. The Balaban J connectivity index is 1.13. The summed E-state index contributed by atoms with van der Waals surface area (Å²) in [7, 11) is 2.86. The van der Waals surface area contributed by atoms with Gasteiger partial charge in [0.2, 0.25) is 29.5 Å². The van der Waals surface area contributed by atoms with Crippen LogP contribution in [0.15, 0.2) is 94.9 Å². The zero-order valence-electron chi connectivity index (χ0n) is 29.8. The molecule has 1 N–H and O–H groups in total. The summed E-state index contributed by atoms with van der Waals surface area (Å²) in [6, 6.07) is 20.8. The van der Waals surface area contributed by atoms with Gasteiger partial charge in [0.1, 0.15) is 28.6 Å². The predicted octanol–water partition coefficient (Wildman–Crippen LogP) is 7.45.